The fourth-order valence-corrected chi connectivity index (χ4v) is 5.71. The van der Waals surface area contributed by atoms with Crippen LogP contribution < -0.4 is 5.73 Å². The second-order valence-electron chi connectivity index (χ2n) is 11.6. The molecule has 0 amide bonds. The highest BCUT2D eigenvalue weighted by Gasteiger charge is 2.37. The van der Waals surface area contributed by atoms with Crippen molar-refractivity contribution in [2.45, 2.75) is 117 Å². The fourth-order valence-electron chi connectivity index (χ4n) is 5.71. The van der Waals surface area contributed by atoms with E-state index in [1.54, 1.807) is 6.92 Å². The van der Waals surface area contributed by atoms with Crippen LogP contribution in [-0.4, -0.2) is 28.8 Å². The van der Waals surface area contributed by atoms with E-state index in [9.17, 15) is 15.0 Å². The van der Waals surface area contributed by atoms with E-state index in [4.69, 9.17) is 5.73 Å². The van der Waals surface area contributed by atoms with Crippen molar-refractivity contribution in [2.75, 3.05) is 6.54 Å². The van der Waals surface area contributed by atoms with Gasteiger partial charge in [0.25, 0.3) is 0 Å². The molecule has 212 valence electrons. The van der Waals surface area contributed by atoms with Gasteiger partial charge in [-0.25, -0.2) is 0 Å². The van der Waals surface area contributed by atoms with E-state index in [1.165, 1.54) is 50.5 Å². The molecule has 4 nitrogen and oxygen atoms in total. The third-order valence-electron chi connectivity index (χ3n) is 7.98. The Labute approximate surface area is 228 Å². The first-order valence-electron chi connectivity index (χ1n) is 15.1. The number of carbonyl (C=O) groups is 1. The number of benzene rings is 1. The van der Waals surface area contributed by atoms with Gasteiger partial charge in [0.1, 0.15) is 0 Å². The standard InChI is InChI=1S/C33H57NO3/c1-5-6-7-8-9-10-12-17-29(19-18-26(2)3)20-22-30(24-25-34)31(32(27(4)35)33(36)37)23-21-28-15-13-11-14-16-28/h10-16,26-27,29-32,35H,5-9,17-25,34H2,1-4H3,(H,36,37)/b12-10-/t27-,29+,30+,31-,32+/m0/s1. The van der Waals surface area contributed by atoms with Crippen LogP contribution in [0.15, 0.2) is 42.5 Å². The molecule has 4 heteroatoms. The SMILES string of the molecule is CCCCCC/C=C\C[C@H](CCC(C)C)CC[C@H](CCN)[C@H](CCc1ccccc1)[C@H](C(=O)O)[C@H](C)O. The Kier molecular flexibility index (Phi) is 18.3. The normalized spacial score (nSPS) is 16.1. The Morgan fingerprint density at radius 3 is 2.22 bits per heavy atom. The van der Waals surface area contributed by atoms with Crippen molar-refractivity contribution < 1.29 is 15.0 Å². The second-order valence-corrected chi connectivity index (χ2v) is 11.6. The van der Waals surface area contributed by atoms with Crippen LogP contribution in [0.1, 0.15) is 110 Å². The first kappa shape index (κ1) is 33.4. The lowest BCUT2D eigenvalue weighted by Gasteiger charge is -2.34. The molecule has 4 N–H and O–H groups in total. The van der Waals surface area contributed by atoms with E-state index in [-0.39, 0.29) is 11.8 Å². The number of aryl methyl sites for hydroxylation is 1. The van der Waals surface area contributed by atoms with Gasteiger partial charge in [0.05, 0.1) is 12.0 Å². The van der Waals surface area contributed by atoms with Gasteiger partial charge in [-0.15, -0.1) is 0 Å². The molecule has 0 aliphatic rings. The number of aliphatic carboxylic acids is 1. The molecule has 0 heterocycles. The molecule has 0 fully saturated rings. The predicted molar refractivity (Wildman–Crippen MR) is 158 cm³/mol. The first-order valence-corrected chi connectivity index (χ1v) is 15.1. The van der Waals surface area contributed by atoms with Crippen molar-refractivity contribution in [1.82, 2.24) is 0 Å². The number of rotatable bonds is 22. The van der Waals surface area contributed by atoms with Crippen LogP contribution in [0.4, 0.5) is 0 Å². The highest BCUT2D eigenvalue weighted by atomic mass is 16.4. The minimum Gasteiger partial charge on any atom is -0.481 e. The van der Waals surface area contributed by atoms with Crippen molar-refractivity contribution in [2.24, 2.45) is 35.3 Å². The van der Waals surface area contributed by atoms with E-state index in [0.717, 1.165) is 38.5 Å². The number of allylic oxidation sites excluding steroid dienone is 2. The summed E-state index contributed by atoms with van der Waals surface area (Å²) in [5.41, 5.74) is 7.27. The van der Waals surface area contributed by atoms with Crippen LogP contribution in [0.3, 0.4) is 0 Å². The maximum Gasteiger partial charge on any atom is 0.309 e. The minimum atomic E-state index is -0.891. The highest BCUT2D eigenvalue weighted by Crippen LogP contribution is 2.36. The molecule has 0 aliphatic heterocycles. The van der Waals surface area contributed by atoms with Crippen LogP contribution >= 0.6 is 0 Å². The Hall–Kier alpha value is -1.65. The van der Waals surface area contributed by atoms with Crippen LogP contribution in [0.5, 0.6) is 0 Å². The van der Waals surface area contributed by atoms with E-state index >= 15 is 0 Å². The van der Waals surface area contributed by atoms with Gasteiger partial charge in [-0.2, -0.15) is 0 Å². The van der Waals surface area contributed by atoms with E-state index in [0.29, 0.717) is 18.4 Å². The summed E-state index contributed by atoms with van der Waals surface area (Å²) in [5.74, 6) is -0.260. The lowest BCUT2D eigenvalue weighted by molar-refractivity contribution is -0.149. The molecule has 0 bridgehead atoms. The molecule has 1 aromatic rings. The number of nitrogens with two attached hydrogens (primary N) is 1. The zero-order valence-corrected chi connectivity index (χ0v) is 24.3. The first-order chi connectivity index (χ1) is 17.8. The molecule has 5 atom stereocenters. The molecular formula is C33H57NO3. The Bertz CT molecular complexity index is 716. The van der Waals surface area contributed by atoms with Crippen molar-refractivity contribution >= 4 is 5.97 Å². The minimum absolute atomic E-state index is 0.0962. The Morgan fingerprint density at radius 1 is 0.919 bits per heavy atom. The molecule has 0 saturated heterocycles. The summed E-state index contributed by atoms with van der Waals surface area (Å²) in [6.45, 7) is 9.01. The lowest BCUT2D eigenvalue weighted by atomic mass is 9.71. The number of unbranched alkanes of at least 4 members (excludes halogenated alkanes) is 4. The van der Waals surface area contributed by atoms with Gasteiger partial charge >= 0.3 is 5.97 Å². The summed E-state index contributed by atoms with van der Waals surface area (Å²) < 4.78 is 0. The monoisotopic (exact) mass is 515 g/mol. The molecular weight excluding hydrogens is 458 g/mol. The van der Waals surface area contributed by atoms with Crippen molar-refractivity contribution in [3.8, 4) is 0 Å². The van der Waals surface area contributed by atoms with E-state index in [1.807, 2.05) is 18.2 Å². The average molecular weight is 516 g/mol. The van der Waals surface area contributed by atoms with Gasteiger partial charge < -0.3 is 15.9 Å². The predicted octanol–water partition coefficient (Wildman–Crippen LogP) is 8.03. The number of carboxylic acids is 1. The quantitative estimate of drug-likeness (QED) is 0.108. The summed E-state index contributed by atoms with van der Waals surface area (Å²) in [4.78, 5) is 12.3. The van der Waals surface area contributed by atoms with Gasteiger partial charge in [-0.1, -0.05) is 88.9 Å². The summed E-state index contributed by atoms with van der Waals surface area (Å²) in [5, 5.41) is 20.6. The summed E-state index contributed by atoms with van der Waals surface area (Å²) in [6.07, 6.45) is 18.2. The van der Waals surface area contributed by atoms with Crippen LogP contribution in [-0.2, 0) is 11.2 Å². The lowest BCUT2D eigenvalue weighted by Crippen LogP contribution is -2.38. The molecule has 0 unspecified atom stereocenters. The molecule has 0 aromatic heterocycles. The Balaban J connectivity index is 2.94. The van der Waals surface area contributed by atoms with Crippen molar-refractivity contribution in [1.29, 1.82) is 0 Å². The van der Waals surface area contributed by atoms with Crippen molar-refractivity contribution in [3.05, 3.63) is 48.0 Å². The molecule has 0 radical (unpaired) electrons. The zero-order chi connectivity index (χ0) is 27.5. The molecule has 0 spiro atoms. The molecule has 1 rings (SSSR count). The maximum absolute atomic E-state index is 12.3. The summed E-state index contributed by atoms with van der Waals surface area (Å²) in [7, 11) is 0. The largest absolute Gasteiger partial charge is 0.481 e. The average Bonchev–Trinajstić information content (AvgIpc) is 2.86. The van der Waals surface area contributed by atoms with Gasteiger partial charge in [-0.3, -0.25) is 4.79 Å². The molecule has 1 aromatic carbocycles. The number of aliphatic hydroxyl groups excluding tert-OH is 1. The zero-order valence-electron chi connectivity index (χ0n) is 24.3. The smallest absolute Gasteiger partial charge is 0.309 e. The maximum atomic E-state index is 12.3. The number of hydrogen-bond donors (Lipinski definition) is 3. The van der Waals surface area contributed by atoms with Crippen LogP contribution in [0.25, 0.3) is 0 Å². The number of hydrogen-bond acceptors (Lipinski definition) is 3. The van der Waals surface area contributed by atoms with Gasteiger partial charge in [0, 0.05) is 0 Å². The van der Waals surface area contributed by atoms with Crippen molar-refractivity contribution in [3.63, 3.8) is 0 Å². The van der Waals surface area contributed by atoms with Gasteiger partial charge in [0.15, 0.2) is 0 Å². The Morgan fingerprint density at radius 2 is 1.62 bits per heavy atom. The summed E-state index contributed by atoms with van der Waals surface area (Å²) >= 11 is 0. The molecule has 0 aliphatic carbocycles. The van der Waals surface area contributed by atoms with Gasteiger partial charge in [0.2, 0.25) is 0 Å². The van der Waals surface area contributed by atoms with E-state index < -0.39 is 18.0 Å². The van der Waals surface area contributed by atoms with Gasteiger partial charge in [-0.05, 0) is 100 Å². The third-order valence-corrected chi connectivity index (χ3v) is 7.98. The number of aliphatic hydroxyl groups is 1. The number of carboxylic acid groups (broad SMARTS) is 1. The van der Waals surface area contributed by atoms with E-state index in [2.05, 4.69) is 45.1 Å². The summed E-state index contributed by atoms with van der Waals surface area (Å²) in [6, 6.07) is 10.3. The van der Waals surface area contributed by atoms with Crippen LogP contribution in [0, 0.1) is 29.6 Å². The molecule has 37 heavy (non-hydrogen) atoms. The third kappa shape index (κ3) is 14.8. The van der Waals surface area contributed by atoms with Crippen LogP contribution in [0.2, 0.25) is 0 Å². The second kappa shape index (κ2) is 20.3. The molecule has 0 saturated carbocycles. The fraction of sp³-hybridized carbons (Fsp3) is 0.727. The highest BCUT2D eigenvalue weighted by molar-refractivity contribution is 5.71. The topological polar surface area (TPSA) is 83.6 Å².